The SMILES string of the molecule is CCN1C(=O)[C@@H]2N=C(c3ccccc3)[C@@]1(c1ccccc1)n1c(=O)n(-c3ccccc3)c(=O)n12. The lowest BCUT2D eigenvalue weighted by atomic mass is 9.85. The molecule has 2 atom stereocenters. The average Bonchev–Trinajstić information content (AvgIpc) is 3.16. The summed E-state index contributed by atoms with van der Waals surface area (Å²) in [6.07, 6.45) is -1.16. The van der Waals surface area contributed by atoms with Crippen LogP contribution >= 0.6 is 0 Å². The number of para-hydroxylation sites is 1. The molecule has 2 bridgehead atoms. The van der Waals surface area contributed by atoms with E-state index < -0.39 is 23.2 Å². The van der Waals surface area contributed by atoms with E-state index in [-0.39, 0.29) is 5.91 Å². The van der Waals surface area contributed by atoms with Crippen molar-refractivity contribution >= 4 is 11.6 Å². The minimum absolute atomic E-state index is 0.321. The van der Waals surface area contributed by atoms with Crippen molar-refractivity contribution in [3.8, 4) is 5.69 Å². The second-order valence-corrected chi connectivity index (χ2v) is 8.23. The van der Waals surface area contributed by atoms with Gasteiger partial charge in [-0.15, -0.1) is 0 Å². The summed E-state index contributed by atoms with van der Waals surface area (Å²) in [5.41, 5.74) is -0.100. The van der Waals surface area contributed by atoms with Gasteiger partial charge in [0.2, 0.25) is 11.8 Å². The molecule has 0 saturated carbocycles. The van der Waals surface area contributed by atoms with Crippen molar-refractivity contribution in [2.75, 3.05) is 6.54 Å². The van der Waals surface area contributed by atoms with Crippen LogP contribution in [0.3, 0.4) is 0 Å². The van der Waals surface area contributed by atoms with Crippen LogP contribution in [0, 0.1) is 0 Å². The van der Waals surface area contributed by atoms with E-state index in [1.165, 1.54) is 9.36 Å². The third kappa shape index (κ3) is 2.42. The Hall–Kier alpha value is -4.46. The zero-order valence-electron chi connectivity index (χ0n) is 18.4. The molecule has 3 aliphatic rings. The Balaban J connectivity index is 1.79. The molecule has 1 amide bonds. The zero-order chi connectivity index (χ0) is 23.4. The molecule has 1 aromatic heterocycles. The van der Waals surface area contributed by atoms with Gasteiger partial charge in [0.1, 0.15) is 0 Å². The summed E-state index contributed by atoms with van der Waals surface area (Å²) in [6, 6.07) is 27.5. The minimum Gasteiger partial charge on any atom is -0.306 e. The van der Waals surface area contributed by atoms with Crippen LogP contribution in [-0.2, 0) is 10.5 Å². The lowest BCUT2D eigenvalue weighted by Crippen LogP contribution is -2.71. The fourth-order valence-electron chi connectivity index (χ4n) is 5.17. The summed E-state index contributed by atoms with van der Waals surface area (Å²) < 4.78 is 3.74. The van der Waals surface area contributed by atoms with Gasteiger partial charge < -0.3 is 4.90 Å². The highest BCUT2D eigenvalue weighted by atomic mass is 16.2. The maximum atomic E-state index is 14.1. The van der Waals surface area contributed by atoms with E-state index in [9.17, 15) is 14.4 Å². The number of aromatic nitrogens is 3. The molecule has 0 fully saturated rings. The number of carbonyl (C=O) groups is 1. The Labute approximate surface area is 194 Å². The van der Waals surface area contributed by atoms with Gasteiger partial charge in [-0.3, -0.25) is 4.79 Å². The molecule has 0 N–H and O–H groups in total. The van der Waals surface area contributed by atoms with Crippen molar-refractivity contribution in [2.45, 2.75) is 18.8 Å². The van der Waals surface area contributed by atoms with Gasteiger partial charge >= 0.3 is 11.4 Å². The molecule has 168 valence electrons. The maximum Gasteiger partial charge on any atom is 0.354 e. The fourth-order valence-corrected chi connectivity index (χ4v) is 5.17. The lowest BCUT2D eigenvalue weighted by molar-refractivity contribution is -0.149. The fraction of sp³-hybridized carbons (Fsp3) is 0.154. The van der Waals surface area contributed by atoms with Crippen LogP contribution in [0.5, 0.6) is 0 Å². The number of carbonyl (C=O) groups excluding carboxylic acids is 1. The van der Waals surface area contributed by atoms with E-state index in [2.05, 4.69) is 0 Å². The van der Waals surface area contributed by atoms with Crippen LogP contribution in [0.15, 0.2) is 106 Å². The third-order valence-corrected chi connectivity index (χ3v) is 6.53. The number of amides is 1. The quantitative estimate of drug-likeness (QED) is 0.478. The first-order valence-electron chi connectivity index (χ1n) is 11.1. The summed E-state index contributed by atoms with van der Waals surface area (Å²) in [6.45, 7) is 2.20. The molecule has 4 heterocycles. The molecule has 34 heavy (non-hydrogen) atoms. The summed E-state index contributed by atoms with van der Waals surface area (Å²) in [4.78, 5) is 47.9. The smallest absolute Gasteiger partial charge is 0.306 e. The Morgan fingerprint density at radius 1 is 0.794 bits per heavy atom. The van der Waals surface area contributed by atoms with Gasteiger partial charge in [0.05, 0.1) is 11.4 Å². The highest BCUT2D eigenvalue weighted by Crippen LogP contribution is 2.43. The lowest BCUT2D eigenvalue weighted by Gasteiger charge is -2.52. The van der Waals surface area contributed by atoms with Crippen molar-refractivity contribution in [3.05, 3.63) is 123 Å². The largest absolute Gasteiger partial charge is 0.354 e. The van der Waals surface area contributed by atoms with Gasteiger partial charge in [0.15, 0.2) is 0 Å². The number of hydrogen-bond donors (Lipinski definition) is 0. The zero-order valence-corrected chi connectivity index (χ0v) is 18.4. The predicted octanol–water partition coefficient (Wildman–Crippen LogP) is 2.37. The Morgan fingerprint density at radius 3 is 2.00 bits per heavy atom. The number of fused-ring (bicyclic) bond motifs is 1. The molecule has 0 aliphatic carbocycles. The van der Waals surface area contributed by atoms with Crippen LogP contribution in [0.2, 0.25) is 0 Å². The van der Waals surface area contributed by atoms with E-state index in [0.29, 0.717) is 23.5 Å². The number of hydrogen-bond acceptors (Lipinski definition) is 4. The highest BCUT2D eigenvalue weighted by Gasteiger charge is 2.60. The van der Waals surface area contributed by atoms with Crippen molar-refractivity contribution in [1.82, 2.24) is 18.8 Å². The van der Waals surface area contributed by atoms with Crippen molar-refractivity contribution in [3.63, 3.8) is 0 Å². The summed E-state index contributed by atoms with van der Waals surface area (Å²) in [7, 11) is 0. The van der Waals surface area contributed by atoms with Crippen molar-refractivity contribution < 1.29 is 4.79 Å². The first-order valence-corrected chi connectivity index (χ1v) is 11.1. The molecule has 0 saturated heterocycles. The normalized spacial score (nSPS) is 20.9. The molecular formula is C26H21N5O3. The van der Waals surface area contributed by atoms with Crippen LogP contribution in [-0.4, -0.2) is 37.0 Å². The molecule has 0 unspecified atom stereocenters. The monoisotopic (exact) mass is 451 g/mol. The van der Waals surface area contributed by atoms with Crippen molar-refractivity contribution in [2.24, 2.45) is 4.99 Å². The first-order chi connectivity index (χ1) is 16.6. The maximum absolute atomic E-state index is 14.1. The number of aliphatic imine (C=N–C) groups is 1. The Bertz CT molecular complexity index is 1550. The first kappa shape index (κ1) is 20.2. The van der Waals surface area contributed by atoms with E-state index >= 15 is 0 Å². The van der Waals surface area contributed by atoms with Gasteiger partial charge in [-0.05, 0) is 19.1 Å². The Morgan fingerprint density at radius 2 is 1.38 bits per heavy atom. The Kier molecular flexibility index (Phi) is 4.32. The van der Waals surface area contributed by atoms with Crippen LogP contribution in [0.4, 0.5) is 0 Å². The summed E-state index contributed by atoms with van der Waals surface area (Å²) >= 11 is 0. The molecule has 3 aromatic carbocycles. The third-order valence-electron chi connectivity index (χ3n) is 6.53. The number of nitrogens with zero attached hydrogens (tertiary/aromatic N) is 5. The molecule has 7 rings (SSSR count). The van der Waals surface area contributed by atoms with Gasteiger partial charge in [-0.1, -0.05) is 78.9 Å². The molecule has 8 heteroatoms. The second kappa shape index (κ2) is 7.28. The highest BCUT2D eigenvalue weighted by molar-refractivity contribution is 6.12. The molecule has 4 aromatic rings. The van der Waals surface area contributed by atoms with Gasteiger partial charge in [-0.2, -0.15) is 9.36 Å². The molecule has 0 radical (unpaired) electrons. The van der Waals surface area contributed by atoms with Crippen molar-refractivity contribution in [1.29, 1.82) is 0 Å². The topological polar surface area (TPSA) is 81.6 Å². The second-order valence-electron chi connectivity index (χ2n) is 8.23. The van der Waals surface area contributed by atoms with Crippen LogP contribution in [0.25, 0.3) is 5.69 Å². The number of rotatable bonds is 4. The van der Waals surface area contributed by atoms with E-state index in [1.54, 1.807) is 29.2 Å². The average molecular weight is 451 g/mol. The van der Waals surface area contributed by atoms with Crippen LogP contribution in [0.1, 0.15) is 24.2 Å². The molecule has 0 spiro atoms. The number of benzene rings is 3. The number of likely N-dealkylation sites (N-methyl/N-ethyl adjacent to an activating group) is 1. The van der Waals surface area contributed by atoms with Gasteiger partial charge in [0, 0.05) is 17.7 Å². The molecule has 8 nitrogen and oxygen atoms in total. The van der Waals surface area contributed by atoms with E-state index in [4.69, 9.17) is 4.99 Å². The minimum atomic E-state index is -1.42. The standard InChI is InChI=1S/C26H21N5O3/c1-2-28-23(32)22-27-21(18-12-6-3-7-13-18)26(28,19-14-8-4-9-15-19)31-25(34)29(24(33)30(22)31)20-16-10-5-11-17-20/h3-17,22H,2H2,1H3/t22-,26-/m1/s1. The molecular weight excluding hydrogens is 430 g/mol. The van der Waals surface area contributed by atoms with E-state index in [0.717, 1.165) is 10.1 Å². The molecule has 3 aliphatic heterocycles. The summed E-state index contributed by atoms with van der Waals surface area (Å²) in [5.74, 6) is -0.321. The van der Waals surface area contributed by atoms with Gasteiger partial charge in [0.25, 0.3) is 5.91 Å². The summed E-state index contributed by atoms with van der Waals surface area (Å²) in [5, 5.41) is 0. The predicted molar refractivity (Wildman–Crippen MR) is 127 cm³/mol. The van der Waals surface area contributed by atoms with Gasteiger partial charge in [-0.25, -0.2) is 19.1 Å². The van der Waals surface area contributed by atoms with Crippen LogP contribution < -0.4 is 11.4 Å². The van der Waals surface area contributed by atoms with E-state index in [1.807, 2.05) is 73.7 Å².